The van der Waals surface area contributed by atoms with Crippen molar-refractivity contribution in [3.8, 4) is 57.5 Å². The molecule has 61 heavy (non-hydrogen) atoms. The van der Waals surface area contributed by atoms with Gasteiger partial charge in [0.2, 0.25) is 0 Å². The van der Waals surface area contributed by atoms with Crippen LogP contribution in [0.2, 0.25) is 0 Å². The van der Waals surface area contributed by atoms with Crippen molar-refractivity contribution in [1.82, 2.24) is 0 Å². The van der Waals surface area contributed by atoms with Crippen molar-refractivity contribution < 1.29 is 55.1 Å². The number of phenolic OH excluding ortho intramolecular Hbond substituents is 8. The molecule has 0 spiro atoms. The molecule has 8 N–H and O–H groups in total. The number of phenols is 8. The third kappa shape index (κ3) is 6.66. The highest BCUT2D eigenvalue weighted by Gasteiger charge is 2.48. The van der Waals surface area contributed by atoms with Crippen molar-refractivity contribution in [2.24, 2.45) is 0 Å². The monoisotopic (exact) mass is 814 g/mol. The van der Waals surface area contributed by atoms with Crippen LogP contribution in [0.15, 0.2) is 146 Å². The molecule has 7 aromatic rings. The molecule has 3 aliphatic rings. The maximum atomic E-state index is 11.6. The van der Waals surface area contributed by atoms with Gasteiger partial charge in [0.1, 0.15) is 81.6 Å². The molecule has 0 radical (unpaired) electrons. The quantitative estimate of drug-likeness (QED) is 0.0765. The Balaban J connectivity index is 1.22. The molecule has 0 saturated carbocycles. The molecule has 10 rings (SSSR count). The smallest absolute Gasteiger partial charge is 0.135 e. The highest BCUT2D eigenvalue weighted by molar-refractivity contribution is 5.69. The van der Waals surface area contributed by atoms with Crippen LogP contribution in [0.4, 0.5) is 0 Å². The summed E-state index contributed by atoms with van der Waals surface area (Å²) in [5, 5.41) is 85.6. The number of hydrogen-bond donors (Lipinski definition) is 8. The predicted molar refractivity (Wildman–Crippen MR) is 223 cm³/mol. The summed E-state index contributed by atoms with van der Waals surface area (Å²) in [5.41, 5.74) is 5.88. The van der Waals surface area contributed by atoms with Crippen LogP contribution < -0.4 is 9.47 Å². The van der Waals surface area contributed by atoms with Crippen LogP contribution in [-0.2, 0) is 4.74 Å². The summed E-state index contributed by atoms with van der Waals surface area (Å²) in [6.07, 6.45) is -0.241. The Hall–Kier alpha value is -7.92. The zero-order valence-corrected chi connectivity index (χ0v) is 32.1. The number of fused-ring (bicyclic) bond motifs is 2. The number of aromatic hydroxyl groups is 8. The van der Waals surface area contributed by atoms with E-state index >= 15 is 0 Å². The van der Waals surface area contributed by atoms with Crippen molar-refractivity contribution in [3.63, 3.8) is 0 Å². The Morgan fingerprint density at radius 1 is 0.328 bits per heavy atom. The van der Waals surface area contributed by atoms with Gasteiger partial charge >= 0.3 is 0 Å². The molecule has 0 unspecified atom stereocenters. The zero-order valence-electron chi connectivity index (χ0n) is 32.1. The molecule has 11 heteroatoms. The summed E-state index contributed by atoms with van der Waals surface area (Å²) in [4.78, 5) is 0. The lowest BCUT2D eigenvalue weighted by Crippen LogP contribution is -2.17. The molecular weight excluding hydrogens is 777 g/mol. The van der Waals surface area contributed by atoms with Crippen molar-refractivity contribution >= 4 is 5.76 Å². The summed E-state index contributed by atoms with van der Waals surface area (Å²) < 4.78 is 20.3. The Kier molecular flexibility index (Phi) is 8.83. The van der Waals surface area contributed by atoms with E-state index in [0.29, 0.717) is 61.8 Å². The van der Waals surface area contributed by atoms with Crippen LogP contribution in [-0.4, -0.2) is 40.9 Å². The Bertz CT molecular complexity index is 2810. The van der Waals surface area contributed by atoms with E-state index in [0.717, 1.165) is 5.56 Å². The topological polar surface area (TPSA) is 190 Å². The second-order valence-corrected chi connectivity index (χ2v) is 15.6. The molecular formula is C50H38O11. The van der Waals surface area contributed by atoms with E-state index in [1.165, 1.54) is 12.1 Å². The molecule has 0 fully saturated rings. The normalized spacial score (nSPS) is 21.1. The van der Waals surface area contributed by atoms with Crippen LogP contribution >= 0.6 is 0 Å². The van der Waals surface area contributed by atoms with Crippen molar-refractivity contribution in [2.45, 2.75) is 36.1 Å². The lowest BCUT2D eigenvalue weighted by molar-refractivity contribution is 0.178. The highest BCUT2D eigenvalue weighted by Crippen LogP contribution is 2.61. The van der Waals surface area contributed by atoms with Gasteiger partial charge in [-0.05, 0) is 124 Å². The Morgan fingerprint density at radius 3 is 1.25 bits per heavy atom. The fraction of sp³-hybridized carbons (Fsp3) is 0.120. The molecule has 0 amide bonds. The van der Waals surface area contributed by atoms with Gasteiger partial charge in [0.05, 0.1) is 11.8 Å². The molecule has 7 aromatic carbocycles. The van der Waals surface area contributed by atoms with Gasteiger partial charge in [0.25, 0.3) is 0 Å². The van der Waals surface area contributed by atoms with Gasteiger partial charge in [-0.3, -0.25) is 0 Å². The van der Waals surface area contributed by atoms with Crippen molar-refractivity contribution in [1.29, 1.82) is 0 Å². The van der Waals surface area contributed by atoms with Gasteiger partial charge in [-0.15, -0.1) is 0 Å². The Labute approximate surface area is 349 Å². The fourth-order valence-electron chi connectivity index (χ4n) is 9.16. The van der Waals surface area contributed by atoms with Crippen LogP contribution in [0, 0.1) is 0 Å². The van der Waals surface area contributed by atoms with Gasteiger partial charge in [-0.2, -0.15) is 0 Å². The zero-order chi connectivity index (χ0) is 42.1. The largest absolute Gasteiger partial charge is 0.508 e. The SMILES string of the molecule is Oc1ccc(C2=C[C@@H](c3cc(O)cc4c3[C@H](c3cc(O)cc5c3[C@H](c3cc(O)cc(O)c3)[C@H](c3ccc(O)cc3)O5)[C@H](c3ccc(O)cc3)O4)[C@H](c3ccc(O)cc3)O2)cc1. The first-order valence-corrected chi connectivity index (χ1v) is 19.6. The minimum Gasteiger partial charge on any atom is -0.508 e. The van der Waals surface area contributed by atoms with E-state index in [2.05, 4.69) is 0 Å². The third-order valence-electron chi connectivity index (χ3n) is 11.8. The number of ether oxygens (including phenoxy) is 3. The minimum absolute atomic E-state index is 0.0491. The van der Waals surface area contributed by atoms with E-state index in [1.54, 1.807) is 127 Å². The Morgan fingerprint density at radius 2 is 0.738 bits per heavy atom. The summed E-state index contributed by atoms with van der Waals surface area (Å²) in [5.74, 6) is -0.959. The van der Waals surface area contributed by atoms with Gasteiger partial charge in [-0.25, -0.2) is 0 Å². The molecule has 0 saturated heterocycles. The average molecular weight is 815 g/mol. The van der Waals surface area contributed by atoms with Crippen LogP contribution in [0.1, 0.15) is 86.1 Å². The maximum Gasteiger partial charge on any atom is 0.135 e. The second kappa shape index (κ2) is 14.4. The molecule has 304 valence electrons. The average Bonchev–Trinajstić information content (AvgIpc) is 3.95. The van der Waals surface area contributed by atoms with Crippen LogP contribution in [0.5, 0.6) is 57.5 Å². The third-order valence-corrected chi connectivity index (χ3v) is 11.8. The summed E-state index contributed by atoms with van der Waals surface area (Å²) >= 11 is 0. The molecule has 0 bridgehead atoms. The summed E-state index contributed by atoms with van der Waals surface area (Å²) in [6.45, 7) is 0. The maximum absolute atomic E-state index is 11.6. The van der Waals surface area contributed by atoms with E-state index in [-0.39, 0.29) is 46.0 Å². The first-order valence-electron chi connectivity index (χ1n) is 19.6. The van der Waals surface area contributed by atoms with E-state index in [9.17, 15) is 40.9 Å². The number of benzene rings is 7. The minimum atomic E-state index is -0.789. The summed E-state index contributed by atoms with van der Waals surface area (Å²) in [7, 11) is 0. The van der Waals surface area contributed by atoms with Gasteiger partial charge in [-0.1, -0.05) is 36.4 Å². The van der Waals surface area contributed by atoms with E-state index < -0.39 is 36.1 Å². The first-order chi connectivity index (χ1) is 29.5. The molecule has 3 aliphatic heterocycles. The molecule has 6 atom stereocenters. The molecule has 3 heterocycles. The van der Waals surface area contributed by atoms with E-state index in [1.807, 2.05) is 6.08 Å². The highest BCUT2D eigenvalue weighted by atomic mass is 16.5. The van der Waals surface area contributed by atoms with Gasteiger partial charge in [0.15, 0.2) is 0 Å². The van der Waals surface area contributed by atoms with Gasteiger partial charge < -0.3 is 55.1 Å². The second-order valence-electron chi connectivity index (χ2n) is 15.6. The van der Waals surface area contributed by atoms with Crippen LogP contribution in [0.25, 0.3) is 5.76 Å². The number of hydrogen-bond acceptors (Lipinski definition) is 11. The summed E-state index contributed by atoms with van der Waals surface area (Å²) in [6, 6.07) is 37.3. The standard InChI is InChI=1S/C50H38O11/c51-30-9-1-25(2-10-30)41-24-39(48(59-41)26-3-11-31(52)12-4-26)38-20-36(57)22-42-45(38)47(50(61-42)28-7-15-33(54)16-8-28)40-21-37(58)23-43-46(40)44(29-17-34(55)19-35(56)18-29)49(60-43)27-5-13-32(53)14-6-27/h1-24,39,44,47-58H/t39-,44-,47-,48-,49-,50-/m0/s1. The lowest BCUT2D eigenvalue weighted by Gasteiger charge is -2.28. The van der Waals surface area contributed by atoms with Gasteiger partial charge in [0, 0.05) is 40.8 Å². The first kappa shape index (κ1) is 37.4. The van der Waals surface area contributed by atoms with Crippen molar-refractivity contribution in [3.05, 3.63) is 196 Å². The van der Waals surface area contributed by atoms with E-state index in [4.69, 9.17) is 14.2 Å². The lowest BCUT2D eigenvalue weighted by atomic mass is 9.74. The van der Waals surface area contributed by atoms with Crippen molar-refractivity contribution in [2.75, 3.05) is 0 Å². The molecule has 0 aromatic heterocycles. The molecule has 11 nitrogen and oxygen atoms in total. The number of rotatable bonds is 7. The predicted octanol–water partition coefficient (Wildman–Crippen LogP) is 9.76. The molecule has 0 aliphatic carbocycles. The van der Waals surface area contributed by atoms with Crippen LogP contribution in [0.3, 0.4) is 0 Å². The fourth-order valence-corrected chi connectivity index (χ4v) is 9.16.